The molecule has 32 heavy (non-hydrogen) atoms. The highest BCUT2D eigenvalue weighted by Gasteiger charge is 2.41. The van der Waals surface area contributed by atoms with Crippen molar-refractivity contribution in [3.63, 3.8) is 0 Å². The number of nitrogens with zero attached hydrogens (tertiary/aromatic N) is 3. The molecule has 2 saturated heterocycles. The average molecular weight is 449 g/mol. The summed E-state index contributed by atoms with van der Waals surface area (Å²) >= 11 is 1.27. The fourth-order valence-corrected chi connectivity index (χ4v) is 4.92. The van der Waals surface area contributed by atoms with Crippen LogP contribution in [0.25, 0.3) is 0 Å². The van der Waals surface area contributed by atoms with Crippen molar-refractivity contribution in [1.82, 2.24) is 10.4 Å². The van der Waals surface area contributed by atoms with Crippen LogP contribution in [0.2, 0.25) is 0 Å². The van der Waals surface area contributed by atoms with Crippen molar-refractivity contribution in [3.8, 4) is 6.07 Å². The van der Waals surface area contributed by atoms with E-state index in [0.29, 0.717) is 43.4 Å². The topological polar surface area (TPSA) is 85.7 Å². The molecule has 2 aromatic carbocycles. The lowest BCUT2D eigenvalue weighted by Gasteiger charge is -2.27. The Bertz CT molecular complexity index is 1060. The number of benzene rings is 2. The monoisotopic (exact) mass is 448 g/mol. The predicted molar refractivity (Wildman–Crippen MR) is 123 cm³/mol. The van der Waals surface area contributed by atoms with E-state index < -0.39 is 11.2 Å². The number of morpholine rings is 1. The van der Waals surface area contributed by atoms with E-state index in [9.17, 15) is 14.9 Å². The molecule has 0 aliphatic carbocycles. The number of aryl methyl sites for hydroxylation is 1. The number of anilines is 1. The number of ether oxygens (including phenoxy) is 1. The molecule has 2 aliphatic rings. The van der Waals surface area contributed by atoms with Crippen molar-refractivity contribution >= 4 is 29.3 Å². The smallest absolute Gasteiger partial charge is 0.278 e. The van der Waals surface area contributed by atoms with Gasteiger partial charge in [0.05, 0.1) is 18.5 Å². The highest BCUT2D eigenvalue weighted by Crippen LogP contribution is 2.41. The zero-order valence-electron chi connectivity index (χ0n) is 17.8. The number of carbonyl (C=O) groups is 2. The van der Waals surface area contributed by atoms with Crippen LogP contribution in [0.15, 0.2) is 65.2 Å². The van der Waals surface area contributed by atoms with Crippen molar-refractivity contribution in [1.29, 1.82) is 5.26 Å². The van der Waals surface area contributed by atoms with E-state index in [2.05, 4.69) is 5.43 Å². The van der Waals surface area contributed by atoms with E-state index in [1.54, 1.807) is 5.01 Å². The van der Waals surface area contributed by atoms with Crippen molar-refractivity contribution in [2.45, 2.75) is 18.6 Å². The highest BCUT2D eigenvalue weighted by molar-refractivity contribution is 8.05. The number of nitriles is 1. The van der Waals surface area contributed by atoms with Crippen LogP contribution in [0.5, 0.6) is 0 Å². The summed E-state index contributed by atoms with van der Waals surface area (Å²) in [5.41, 5.74) is 5.54. The van der Waals surface area contributed by atoms with Gasteiger partial charge >= 0.3 is 0 Å². The van der Waals surface area contributed by atoms with E-state index >= 15 is 0 Å². The second-order valence-electron chi connectivity index (χ2n) is 7.64. The lowest BCUT2D eigenvalue weighted by Crippen LogP contribution is -2.49. The van der Waals surface area contributed by atoms with E-state index in [4.69, 9.17) is 4.74 Å². The van der Waals surface area contributed by atoms with Gasteiger partial charge in [0.25, 0.3) is 5.91 Å². The third-order valence-electron chi connectivity index (χ3n) is 5.33. The number of hydrazine groups is 1. The molecule has 7 nitrogen and oxygen atoms in total. The Morgan fingerprint density at radius 1 is 1.16 bits per heavy atom. The number of hydrogen-bond donors (Lipinski definition) is 1. The van der Waals surface area contributed by atoms with E-state index in [-0.39, 0.29) is 11.5 Å². The number of hydrogen-bond acceptors (Lipinski definition) is 6. The molecule has 2 aliphatic heterocycles. The SMILES string of the molecule is Cc1ccc(C[C@H]2S/C(=C(\C#N)C(=O)NN3CCOCC3)N(c3ccccc3)C2=O)cc1. The van der Waals surface area contributed by atoms with E-state index in [1.807, 2.05) is 67.6 Å². The van der Waals surface area contributed by atoms with Gasteiger partial charge in [-0.15, -0.1) is 0 Å². The van der Waals surface area contributed by atoms with Gasteiger partial charge in [-0.05, 0) is 31.0 Å². The number of rotatable bonds is 5. The molecule has 0 unspecified atom stereocenters. The van der Waals surface area contributed by atoms with Crippen LogP contribution in [0, 0.1) is 18.3 Å². The van der Waals surface area contributed by atoms with Gasteiger partial charge in [0, 0.05) is 18.8 Å². The van der Waals surface area contributed by atoms with Gasteiger partial charge in [-0.1, -0.05) is 59.8 Å². The molecule has 0 radical (unpaired) electrons. The molecule has 164 valence electrons. The van der Waals surface area contributed by atoms with Crippen LogP contribution in [-0.2, 0) is 20.7 Å². The second-order valence-corrected chi connectivity index (χ2v) is 8.83. The lowest BCUT2D eigenvalue weighted by atomic mass is 10.1. The second kappa shape index (κ2) is 10.0. The molecule has 2 heterocycles. The maximum atomic E-state index is 13.4. The fraction of sp³-hybridized carbons (Fsp3) is 0.292. The van der Waals surface area contributed by atoms with Crippen LogP contribution in [-0.4, -0.2) is 48.4 Å². The first kappa shape index (κ1) is 22.1. The number of thioether (sulfide) groups is 1. The summed E-state index contributed by atoms with van der Waals surface area (Å²) in [7, 11) is 0. The molecule has 0 spiro atoms. The van der Waals surface area contributed by atoms with E-state index in [1.165, 1.54) is 16.7 Å². The summed E-state index contributed by atoms with van der Waals surface area (Å²) in [6.45, 7) is 4.14. The molecule has 2 amide bonds. The molecule has 2 aromatic rings. The third kappa shape index (κ3) is 4.86. The van der Waals surface area contributed by atoms with Gasteiger partial charge in [0.2, 0.25) is 5.91 Å². The number of carbonyl (C=O) groups excluding carboxylic acids is 2. The summed E-state index contributed by atoms with van der Waals surface area (Å²) < 4.78 is 5.31. The molecular weight excluding hydrogens is 424 g/mol. The molecule has 1 N–H and O–H groups in total. The van der Waals surface area contributed by atoms with E-state index in [0.717, 1.165) is 11.1 Å². The highest BCUT2D eigenvalue weighted by atomic mass is 32.2. The predicted octanol–water partition coefficient (Wildman–Crippen LogP) is 2.78. The summed E-state index contributed by atoms with van der Waals surface area (Å²) in [5.74, 6) is -0.648. The Labute approximate surface area is 191 Å². The summed E-state index contributed by atoms with van der Waals surface area (Å²) in [6.07, 6.45) is 0.514. The number of nitrogens with one attached hydrogen (secondary N) is 1. The number of para-hydroxylation sites is 1. The minimum Gasteiger partial charge on any atom is -0.379 e. The quantitative estimate of drug-likeness (QED) is 0.559. The van der Waals surface area contributed by atoms with Gasteiger partial charge < -0.3 is 4.74 Å². The van der Waals surface area contributed by atoms with Gasteiger partial charge in [0.1, 0.15) is 16.7 Å². The van der Waals surface area contributed by atoms with Crippen molar-refractivity contribution in [2.24, 2.45) is 0 Å². The Kier molecular flexibility index (Phi) is 6.90. The fourth-order valence-electron chi connectivity index (χ4n) is 3.61. The van der Waals surface area contributed by atoms with Crippen LogP contribution in [0.1, 0.15) is 11.1 Å². The summed E-state index contributed by atoms with van der Waals surface area (Å²) in [5, 5.41) is 11.6. The maximum Gasteiger partial charge on any atom is 0.278 e. The molecule has 1 atom stereocenters. The van der Waals surface area contributed by atoms with Crippen LogP contribution < -0.4 is 10.3 Å². The van der Waals surface area contributed by atoms with Crippen LogP contribution in [0.3, 0.4) is 0 Å². The molecule has 0 saturated carbocycles. The third-order valence-corrected chi connectivity index (χ3v) is 6.60. The van der Waals surface area contributed by atoms with Crippen molar-refractivity contribution in [2.75, 3.05) is 31.2 Å². The lowest BCUT2D eigenvalue weighted by molar-refractivity contribution is -0.123. The Morgan fingerprint density at radius 3 is 2.50 bits per heavy atom. The number of amides is 2. The molecule has 0 bridgehead atoms. The minimum absolute atomic E-state index is 0.0647. The normalized spacial score (nSPS) is 20.7. The minimum atomic E-state index is -0.512. The van der Waals surface area contributed by atoms with Crippen molar-refractivity contribution < 1.29 is 14.3 Å². The van der Waals surface area contributed by atoms with Gasteiger partial charge in [-0.2, -0.15) is 5.26 Å². The standard InChI is InChI=1S/C24H24N4O3S/c1-17-7-9-18(10-8-17)15-21-23(30)28(19-5-3-2-4-6-19)24(32-21)20(16-25)22(29)26-27-11-13-31-14-12-27/h2-10,21H,11-15H2,1H3,(H,26,29)/b24-20+/t21-/m1/s1. The molecule has 0 aromatic heterocycles. The van der Waals surface area contributed by atoms with Crippen LogP contribution in [0.4, 0.5) is 5.69 Å². The summed E-state index contributed by atoms with van der Waals surface area (Å²) in [6, 6.07) is 19.2. The largest absolute Gasteiger partial charge is 0.379 e. The first-order chi connectivity index (χ1) is 15.6. The van der Waals surface area contributed by atoms with Crippen LogP contribution >= 0.6 is 11.8 Å². The first-order valence-corrected chi connectivity index (χ1v) is 11.3. The van der Waals surface area contributed by atoms with Gasteiger partial charge in [-0.3, -0.25) is 19.9 Å². The van der Waals surface area contributed by atoms with Crippen molar-refractivity contribution in [3.05, 3.63) is 76.3 Å². The Morgan fingerprint density at radius 2 is 1.84 bits per heavy atom. The molecule has 4 rings (SSSR count). The Balaban J connectivity index is 1.66. The average Bonchev–Trinajstić information content (AvgIpc) is 3.12. The van der Waals surface area contributed by atoms with Gasteiger partial charge in [-0.25, -0.2) is 5.01 Å². The first-order valence-electron chi connectivity index (χ1n) is 10.5. The molecule has 2 fully saturated rings. The zero-order valence-corrected chi connectivity index (χ0v) is 18.6. The maximum absolute atomic E-state index is 13.4. The summed E-state index contributed by atoms with van der Waals surface area (Å²) in [4.78, 5) is 27.9. The Hall–Kier alpha value is -3.12. The zero-order chi connectivity index (χ0) is 22.5. The van der Waals surface area contributed by atoms with Gasteiger partial charge in [0.15, 0.2) is 0 Å². The molecule has 8 heteroatoms. The molecular formula is C24H24N4O3S.